The molecule has 0 saturated carbocycles. The van der Waals surface area contributed by atoms with E-state index >= 15 is 0 Å². The maximum atomic E-state index is 11.5. The molecular weight excluding hydrogens is 334 g/mol. The van der Waals surface area contributed by atoms with Crippen molar-refractivity contribution in [2.75, 3.05) is 19.7 Å². The minimum Gasteiger partial charge on any atom is -0.478 e. The van der Waals surface area contributed by atoms with Gasteiger partial charge in [0.2, 0.25) is 0 Å². The van der Waals surface area contributed by atoms with Crippen LogP contribution in [0.2, 0.25) is 0 Å². The zero-order valence-corrected chi connectivity index (χ0v) is 16.5. The van der Waals surface area contributed by atoms with E-state index in [1.165, 1.54) is 51.4 Å². The number of aliphatic hydroxyl groups is 1. The van der Waals surface area contributed by atoms with E-state index in [4.69, 9.17) is 9.84 Å². The standard InChI is InChI=1S/C20H37NO5/c1-3-4-5-6-7-8-9-10-11-12-15-21(16-17-22)18(2)26-20(25)14-13-19(23)24/h13-14,18,22H,3-12,15-17H2,1-2H3,(H,23,24). The highest BCUT2D eigenvalue weighted by atomic mass is 16.6. The molecule has 0 heterocycles. The molecule has 0 aromatic rings. The molecular formula is C20H37NO5. The fraction of sp³-hybridized carbons (Fsp3) is 0.800. The molecule has 0 bridgehead atoms. The van der Waals surface area contributed by atoms with Crippen molar-refractivity contribution in [2.24, 2.45) is 0 Å². The molecule has 0 aliphatic rings. The SMILES string of the molecule is CCCCCCCCCCCCN(CCO)C(C)OC(=O)C=CC(=O)O. The molecule has 0 aromatic carbocycles. The number of aliphatic hydroxyl groups excluding tert-OH is 1. The first-order chi connectivity index (χ1) is 12.5. The Hall–Kier alpha value is -1.40. The fourth-order valence-corrected chi connectivity index (χ4v) is 2.83. The number of carboxylic acid groups (broad SMARTS) is 1. The van der Waals surface area contributed by atoms with Crippen molar-refractivity contribution in [1.29, 1.82) is 0 Å². The van der Waals surface area contributed by atoms with Crippen molar-refractivity contribution >= 4 is 11.9 Å². The van der Waals surface area contributed by atoms with Crippen LogP contribution in [0.4, 0.5) is 0 Å². The Morgan fingerprint density at radius 1 is 0.923 bits per heavy atom. The highest BCUT2D eigenvalue weighted by Gasteiger charge is 2.16. The number of ether oxygens (including phenoxy) is 1. The van der Waals surface area contributed by atoms with Crippen molar-refractivity contribution in [3.63, 3.8) is 0 Å². The number of aliphatic carboxylic acids is 1. The van der Waals surface area contributed by atoms with Crippen LogP contribution in [-0.2, 0) is 14.3 Å². The van der Waals surface area contributed by atoms with E-state index in [9.17, 15) is 14.7 Å². The van der Waals surface area contributed by atoms with Crippen LogP contribution in [0.15, 0.2) is 12.2 Å². The van der Waals surface area contributed by atoms with Crippen molar-refractivity contribution < 1.29 is 24.5 Å². The number of carboxylic acids is 1. The lowest BCUT2D eigenvalue weighted by Crippen LogP contribution is -2.39. The summed E-state index contributed by atoms with van der Waals surface area (Å²) >= 11 is 0. The Morgan fingerprint density at radius 3 is 1.96 bits per heavy atom. The average Bonchev–Trinajstić information content (AvgIpc) is 2.60. The van der Waals surface area contributed by atoms with E-state index in [-0.39, 0.29) is 6.61 Å². The summed E-state index contributed by atoms with van der Waals surface area (Å²) < 4.78 is 5.18. The second kappa shape index (κ2) is 17.0. The quantitative estimate of drug-likeness (QED) is 0.175. The molecule has 0 saturated heterocycles. The Morgan fingerprint density at radius 2 is 1.46 bits per heavy atom. The Labute approximate surface area is 158 Å². The van der Waals surface area contributed by atoms with Gasteiger partial charge in [0.1, 0.15) is 0 Å². The third-order valence-corrected chi connectivity index (χ3v) is 4.35. The van der Waals surface area contributed by atoms with Crippen molar-refractivity contribution in [2.45, 2.75) is 84.3 Å². The third-order valence-electron chi connectivity index (χ3n) is 4.35. The molecule has 6 heteroatoms. The predicted octanol–water partition coefficient (Wildman–Crippen LogP) is 3.73. The molecule has 26 heavy (non-hydrogen) atoms. The smallest absolute Gasteiger partial charge is 0.332 e. The first kappa shape index (κ1) is 24.6. The first-order valence-corrected chi connectivity index (χ1v) is 9.97. The molecule has 0 spiro atoms. The number of hydrogen-bond acceptors (Lipinski definition) is 5. The van der Waals surface area contributed by atoms with Gasteiger partial charge in [0.05, 0.1) is 6.61 Å². The number of carbonyl (C=O) groups excluding carboxylic acids is 1. The topological polar surface area (TPSA) is 87.1 Å². The molecule has 2 N–H and O–H groups in total. The lowest BCUT2D eigenvalue weighted by Gasteiger charge is -2.27. The van der Waals surface area contributed by atoms with Gasteiger partial charge in [-0.3, -0.25) is 4.90 Å². The summed E-state index contributed by atoms with van der Waals surface area (Å²) in [7, 11) is 0. The number of hydrogen-bond donors (Lipinski definition) is 2. The van der Waals surface area contributed by atoms with Gasteiger partial charge in [-0.15, -0.1) is 0 Å². The summed E-state index contributed by atoms with van der Waals surface area (Å²) in [6.45, 7) is 5.13. The first-order valence-electron chi connectivity index (χ1n) is 9.97. The van der Waals surface area contributed by atoms with Gasteiger partial charge in [-0.05, 0) is 13.3 Å². The second-order valence-corrected chi connectivity index (χ2v) is 6.65. The number of carbonyl (C=O) groups is 2. The summed E-state index contributed by atoms with van der Waals surface area (Å²) in [4.78, 5) is 23.9. The average molecular weight is 372 g/mol. The van der Waals surface area contributed by atoms with Crippen molar-refractivity contribution in [1.82, 2.24) is 4.90 Å². The Bertz CT molecular complexity index is 398. The molecule has 0 rings (SSSR count). The van der Waals surface area contributed by atoms with Crippen LogP contribution in [0.1, 0.15) is 78.1 Å². The van der Waals surface area contributed by atoms with E-state index in [0.29, 0.717) is 6.54 Å². The van der Waals surface area contributed by atoms with Crippen LogP contribution in [0.3, 0.4) is 0 Å². The maximum absolute atomic E-state index is 11.5. The minimum atomic E-state index is -1.19. The van der Waals surface area contributed by atoms with Crippen LogP contribution in [0.25, 0.3) is 0 Å². The molecule has 6 nitrogen and oxygen atoms in total. The van der Waals surface area contributed by atoms with E-state index in [2.05, 4.69) is 6.92 Å². The van der Waals surface area contributed by atoms with Gasteiger partial charge in [-0.1, -0.05) is 64.7 Å². The molecule has 0 aliphatic heterocycles. The Kier molecular flexibility index (Phi) is 16.1. The number of nitrogens with zero attached hydrogens (tertiary/aromatic N) is 1. The molecule has 0 aliphatic carbocycles. The number of esters is 1. The van der Waals surface area contributed by atoms with Gasteiger partial charge in [0, 0.05) is 25.2 Å². The maximum Gasteiger partial charge on any atom is 0.332 e. The minimum absolute atomic E-state index is 0.00931. The number of unbranched alkanes of at least 4 members (excludes halogenated alkanes) is 9. The van der Waals surface area contributed by atoms with E-state index in [1.807, 2.05) is 4.90 Å². The molecule has 1 unspecified atom stereocenters. The van der Waals surface area contributed by atoms with Crippen LogP contribution in [0.5, 0.6) is 0 Å². The lowest BCUT2D eigenvalue weighted by molar-refractivity contribution is -0.152. The largest absolute Gasteiger partial charge is 0.478 e. The van der Waals surface area contributed by atoms with Crippen LogP contribution in [-0.4, -0.2) is 53.0 Å². The predicted molar refractivity (Wildman–Crippen MR) is 103 cm³/mol. The summed E-state index contributed by atoms with van der Waals surface area (Å²) in [6.07, 6.45) is 13.7. The summed E-state index contributed by atoms with van der Waals surface area (Å²) in [5, 5.41) is 17.7. The molecule has 0 radical (unpaired) electrons. The van der Waals surface area contributed by atoms with Crippen LogP contribution in [0, 0.1) is 0 Å². The molecule has 0 amide bonds. The summed E-state index contributed by atoms with van der Waals surface area (Å²) in [6, 6.07) is 0. The van der Waals surface area contributed by atoms with E-state index in [0.717, 1.165) is 31.5 Å². The van der Waals surface area contributed by atoms with Crippen LogP contribution < -0.4 is 0 Å². The van der Waals surface area contributed by atoms with Crippen LogP contribution >= 0.6 is 0 Å². The highest BCUT2D eigenvalue weighted by Crippen LogP contribution is 2.11. The van der Waals surface area contributed by atoms with Gasteiger partial charge < -0.3 is 14.9 Å². The van der Waals surface area contributed by atoms with Crippen molar-refractivity contribution in [3.05, 3.63) is 12.2 Å². The number of rotatable bonds is 17. The zero-order chi connectivity index (χ0) is 19.6. The normalized spacial score (nSPS) is 12.6. The highest BCUT2D eigenvalue weighted by molar-refractivity contribution is 5.90. The van der Waals surface area contributed by atoms with Crippen molar-refractivity contribution in [3.8, 4) is 0 Å². The zero-order valence-electron chi connectivity index (χ0n) is 16.5. The second-order valence-electron chi connectivity index (χ2n) is 6.65. The summed E-state index contributed by atoms with van der Waals surface area (Å²) in [5.41, 5.74) is 0. The third kappa shape index (κ3) is 14.9. The molecule has 1 atom stereocenters. The van der Waals surface area contributed by atoms with Gasteiger partial charge in [0.25, 0.3) is 0 Å². The van der Waals surface area contributed by atoms with Gasteiger partial charge >= 0.3 is 11.9 Å². The molecule has 0 fully saturated rings. The molecule has 152 valence electrons. The fourth-order valence-electron chi connectivity index (χ4n) is 2.83. The van der Waals surface area contributed by atoms with Gasteiger partial charge in [0.15, 0.2) is 6.23 Å². The molecule has 0 aromatic heterocycles. The monoisotopic (exact) mass is 371 g/mol. The van der Waals surface area contributed by atoms with Gasteiger partial charge in [-0.25, -0.2) is 9.59 Å². The van der Waals surface area contributed by atoms with Gasteiger partial charge in [-0.2, -0.15) is 0 Å². The Balaban J connectivity index is 3.90. The van der Waals surface area contributed by atoms with E-state index in [1.54, 1.807) is 6.92 Å². The van der Waals surface area contributed by atoms with E-state index < -0.39 is 18.2 Å². The lowest BCUT2D eigenvalue weighted by atomic mass is 10.1. The summed E-state index contributed by atoms with van der Waals surface area (Å²) in [5.74, 6) is -1.88.